The van der Waals surface area contributed by atoms with E-state index >= 15 is 0 Å². The number of primary amides is 1. The van der Waals surface area contributed by atoms with Crippen LogP contribution < -0.4 is 15.5 Å². The molecule has 2 aromatic rings. The molecule has 2 atom stereocenters. The van der Waals surface area contributed by atoms with Gasteiger partial charge in [-0.15, -0.1) is 0 Å². The van der Waals surface area contributed by atoms with E-state index in [2.05, 4.69) is 42.6 Å². The Morgan fingerprint density at radius 2 is 1.94 bits per heavy atom. The standard InChI is InChI=1S/C24H33N5O3S/c1-16-14-24(3,4)29(15-16)23-21(22(25)30)18(11-12-26-23)33(31,32)20-10-7-9-19(27-20)28-13-6-5-8-17(28)2/h7,9-12,16-17H,5-6,8,13-15H2,1-4H3,(H2,25,30). The largest absolute Gasteiger partial charge is 0.365 e. The van der Waals surface area contributed by atoms with E-state index in [1.54, 1.807) is 6.07 Å². The lowest BCUT2D eigenvalue weighted by Crippen LogP contribution is -2.40. The number of hydrogen-bond donors (Lipinski definition) is 1. The van der Waals surface area contributed by atoms with Gasteiger partial charge >= 0.3 is 0 Å². The first-order chi connectivity index (χ1) is 15.5. The second-order valence-electron chi connectivity index (χ2n) is 9.98. The van der Waals surface area contributed by atoms with Crippen LogP contribution in [0.5, 0.6) is 0 Å². The van der Waals surface area contributed by atoms with E-state index in [0.29, 0.717) is 24.1 Å². The number of hydrogen-bond acceptors (Lipinski definition) is 7. The number of pyridine rings is 2. The van der Waals surface area contributed by atoms with Gasteiger partial charge in [-0.05, 0) is 70.6 Å². The Hall–Kier alpha value is -2.68. The molecule has 2 fully saturated rings. The fraction of sp³-hybridized carbons (Fsp3) is 0.542. The van der Waals surface area contributed by atoms with Crippen LogP contribution in [0, 0.1) is 5.92 Å². The summed E-state index contributed by atoms with van der Waals surface area (Å²) in [5.41, 5.74) is 5.40. The molecule has 2 saturated heterocycles. The average Bonchev–Trinajstić information content (AvgIpc) is 3.05. The number of sulfone groups is 1. The summed E-state index contributed by atoms with van der Waals surface area (Å²) in [6.45, 7) is 9.89. The molecule has 2 aromatic heterocycles. The normalized spacial score (nSPS) is 23.0. The minimum Gasteiger partial charge on any atom is -0.365 e. The van der Waals surface area contributed by atoms with Gasteiger partial charge in [0.2, 0.25) is 9.84 Å². The maximum absolute atomic E-state index is 13.7. The Morgan fingerprint density at radius 1 is 1.18 bits per heavy atom. The SMILES string of the molecule is CC1CN(c2nccc(S(=O)(=O)c3cccc(N4CCCCC4C)n3)c2C(N)=O)C(C)(C)C1. The molecule has 0 aliphatic carbocycles. The molecule has 8 nitrogen and oxygen atoms in total. The molecule has 2 aliphatic heterocycles. The fourth-order valence-corrected chi connectivity index (χ4v) is 6.72. The Balaban J connectivity index is 1.81. The van der Waals surface area contributed by atoms with Gasteiger partial charge in [-0.2, -0.15) is 0 Å². The van der Waals surface area contributed by atoms with Crippen LogP contribution in [0.1, 0.15) is 63.7 Å². The van der Waals surface area contributed by atoms with Crippen LogP contribution in [0.2, 0.25) is 0 Å². The number of carbonyl (C=O) groups is 1. The summed E-state index contributed by atoms with van der Waals surface area (Å²) in [7, 11) is -4.10. The smallest absolute Gasteiger partial charge is 0.253 e. The summed E-state index contributed by atoms with van der Waals surface area (Å²) in [6.07, 6.45) is 5.59. The van der Waals surface area contributed by atoms with Crippen LogP contribution in [0.3, 0.4) is 0 Å². The number of carbonyl (C=O) groups excluding carboxylic acids is 1. The predicted octanol–water partition coefficient (Wildman–Crippen LogP) is 3.41. The number of piperidine rings is 1. The van der Waals surface area contributed by atoms with Crippen molar-refractivity contribution in [2.45, 2.75) is 74.9 Å². The van der Waals surface area contributed by atoms with E-state index in [1.165, 1.54) is 18.3 Å². The summed E-state index contributed by atoms with van der Waals surface area (Å²) in [6, 6.07) is 6.65. The maximum atomic E-state index is 13.7. The van der Waals surface area contributed by atoms with Crippen LogP contribution in [-0.2, 0) is 9.84 Å². The molecule has 2 unspecified atom stereocenters. The van der Waals surface area contributed by atoms with Gasteiger partial charge in [-0.25, -0.2) is 18.4 Å². The summed E-state index contributed by atoms with van der Waals surface area (Å²) in [5.74, 6) is 0.520. The molecule has 0 spiro atoms. The van der Waals surface area contributed by atoms with Crippen molar-refractivity contribution >= 4 is 27.4 Å². The van der Waals surface area contributed by atoms with E-state index in [-0.39, 0.29) is 27.1 Å². The highest BCUT2D eigenvalue weighted by molar-refractivity contribution is 7.91. The molecule has 2 N–H and O–H groups in total. The van der Waals surface area contributed by atoms with Crippen LogP contribution in [0.4, 0.5) is 11.6 Å². The lowest BCUT2D eigenvalue weighted by Gasteiger charge is -2.34. The Bertz CT molecular complexity index is 1160. The second-order valence-corrected chi connectivity index (χ2v) is 11.8. The molecule has 4 heterocycles. The molecule has 0 saturated carbocycles. The van der Waals surface area contributed by atoms with Gasteiger partial charge in [-0.3, -0.25) is 4.79 Å². The molecule has 1 amide bonds. The van der Waals surface area contributed by atoms with Crippen LogP contribution in [0.15, 0.2) is 40.4 Å². The highest BCUT2D eigenvalue weighted by Gasteiger charge is 2.40. The summed E-state index contributed by atoms with van der Waals surface area (Å²) < 4.78 is 27.5. The number of nitrogens with zero attached hydrogens (tertiary/aromatic N) is 4. The van der Waals surface area contributed by atoms with Gasteiger partial charge < -0.3 is 15.5 Å². The summed E-state index contributed by atoms with van der Waals surface area (Å²) in [5, 5.41) is -0.0912. The van der Waals surface area contributed by atoms with Gasteiger partial charge in [-0.1, -0.05) is 13.0 Å². The molecule has 9 heteroatoms. The monoisotopic (exact) mass is 471 g/mol. The number of anilines is 2. The molecule has 4 rings (SSSR count). The van der Waals surface area contributed by atoms with Crippen molar-refractivity contribution in [3.8, 4) is 0 Å². The minimum atomic E-state index is -4.10. The molecular formula is C24H33N5O3S. The van der Waals surface area contributed by atoms with Crippen molar-refractivity contribution in [2.75, 3.05) is 22.9 Å². The number of aromatic nitrogens is 2. The number of amides is 1. The van der Waals surface area contributed by atoms with Crippen LogP contribution in [-0.4, -0.2) is 49.0 Å². The number of rotatable bonds is 5. The first-order valence-corrected chi connectivity index (χ1v) is 13.1. The molecule has 2 aliphatic rings. The van der Waals surface area contributed by atoms with Gasteiger partial charge in [0.05, 0.1) is 4.90 Å². The van der Waals surface area contributed by atoms with Crippen LogP contribution in [0.25, 0.3) is 0 Å². The third kappa shape index (κ3) is 4.30. The Morgan fingerprint density at radius 3 is 2.58 bits per heavy atom. The predicted molar refractivity (Wildman–Crippen MR) is 128 cm³/mol. The third-order valence-electron chi connectivity index (χ3n) is 6.84. The Labute approximate surface area is 196 Å². The highest BCUT2D eigenvalue weighted by Crippen LogP contribution is 2.39. The zero-order valence-corrected chi connectivity index (χ0v) is 20.6. The van der Waals surface area contributed by atoms with E-state index < -0.39 is 15.7 Å². The molecular weight excluding hydrogens is 438 g/mol. The highest BCUT2D eigenvalue weighted by atomic mass is 32.2. The van der Waals surface area contributed by atoms with Crippen molar-refractivity contribution in [3.63, 3.8) is 0 Å². The van der Waals surface area contributed by atoms with E-state index in [4.69, 9.17) is 5.73 Å². The molecule has 33 heavy (non-hydrogen) atoms. The lowest BCUT2D eigenvalue weighted by molar-refractivity contribution is 0.0997. The Kier molecular flexibility index (Phi) is 6.11. The van der Waals surface area contributed by atoms with Gasteiger partial charge in [0.25, 0.3) is 5.91 Å². The van der Waals surface area contributed by atoms with Gasteiger partial charge in [0.1, 0.15) is 17.2 Å². The minimum absolute atomic E-state index is 0.0711. The van der Waals surface area contributed by atoms with Crippen molar-refractivity contribution in [1.82, 2.24) is 9.97 Å². The van der Waals surface area contributed by atoms with Gasteiger partial charge in [0.15, 0.2) is 5.03 Å². The first kappa shape index (κ1) is 23.5. The molecule has 0 bridgehead atoms. The van der Waals surface area contributed by atoms with Crippen molar-refractivity contribution < 1.29 is 13.2 Å². The maximum Gasteiger partial charge on any atom is 0.253 e. The quantitative estimate of drug-likeness (QED) is 0.711. The zero-order chi connectivity index (χ0) is 24.0. The van der Waals surface area contributed by atoms with E-state index in [0.717, 1.165) is 32.2 Å². The van der Waals surface area contributed by atoms with E-state index in [1.807, 2.05) is 11.0 Å². The van der Waals surface area contributed by atoms with Crippen molar-refractivity contribution in [1.29, 1.82) is 0 Å². The summed E-state index contributed by atoms with van der Waals surface area (Å²) in [4.78, 5) is 25.5. The van der Waals surface area contributed by atoms with Gasteiger partial charge in [0, 0.05) is 30.9 Å². The molecule has 0 aromatic carbocycles. The van der Waals surface area contributed by atoms with Crippen molar-refractivity contribution in [3.05, 3.63) is 36.0 Å². The third-order valence-corrected chi connectivity index (χ3v) is 8.54. The lowest BCUT2D eigenvalue weighted by atomic mass is 9.97. The number of nitrogens with two attached hydrogens (primary N) is 1. The zero-order valence-electron chi connectivity index (χ0n) is 19.8. The van der Waals surface area contributed by atoms with Crippen molar-refractivity contribution in [2.24, 2.45) is 11.7 Å². The molecule has 178 valence electrons. The summed E-state index contributed by atoms with van der Waals surface area (Å²) >= 11 is 0. The first-order valence-electron chi connectivity index (χ1n) is 11.6. The van der Waals surface area contributed by atoms with E-state index in [9.17, 15) is 13.2 Å². The van der Waals surface area contributed by atoms with Crippen LogP contribution >= 0.6 is 0 Å². The fourth-order valence-electron chi connectivity index (χ4n) is 5.32. The topological polar surface area (TPSA) is 109 Å². The second kappa shape index (κ2) is 8.59. The average molecular weight is 472 g/mol. The molecule has 0 radical (unpaired) electrons.